The lowest BCUT2D eigenvalue weighted by molar-refractivity contribution is 0.340. The topological polar surface area (TPSA) is 47.3 Å². The first-order valence-corrected chi connectivity index (χ1v) is 7.40. The van der Waals surface area contributed by atoms with E-state index in [2.05, 4.69) is 35.0 Å². The number of thiophene rings is 1. The molecule has 0 bridgehead atoms. The lowest BCUT2D eigenvalue weighted by atomic mass is 10.1. The third-order valence-corrected chi connectivity index (χ3v) is 3.81. The number of hydrogen-bond donors (Lipinski definition) is 2. The van der Waals surface area contributed by atoms with Crippen LogP contribution in [0.2, 0.25) is 0 Å². The van der Waals surface area contributed by atoms with Crippen molar-refractivity contribution in [2.45, 2.75) is 19.5 Å². The molecule has 4 heteroatoms. The molecule has 1 aromatic carbocycles. The summed E-state index contributed by atoms with van der Waals surface area (Å²) in [5.74, 6) is 0.903. The summed E-state index contributed by atoms with van der Waals surface area (Å²) >= 11 is 1.76. The van der Waals surface area contributed by atoms with Gasteiger partial charge in [0, 0.05) is 24.0 Å². The molecule has 2 aromatic rings. The minimum atomic E-state index is 0.178. The van der Waals surface area contributed by atoms with Crippen molar-refractivity contribution in [2.24, 2.45) is 5.73 Å². The molecule has 102 valence electrons. The van der Waals surface area contributed by atoms with Crippen LogP contribution in [0, 0.1) is 0 Å². The van der Waals surface area contributed by atoms with Gasteiger partial charge in [-0.3, -0.25) is 0 Å². The quantitative estimate of drug-likeness (QED) is 0.817. The number of ether oxygens (including phenoxy) is 1. The molecular weight excluding hydrogens is 256 g/mol. The fourth-order valence-corrected chi connectivity index (χ4v) is 2.59. The van der Waals surface area contributed by atoms with Crippen LogP contribution < -0.4 is 15.8 Å². The highest BCUT2D eigenvalue weighted by atomic mass is 32.1. The molecule has 0 saturated heterocycles. The highest BCUT2D eigenvalue weighted by Crippen LogP contribution is 2.18. The normalized spacial score (nSPS) is 12.3. The first-order valence-electron chi connectivity index (χ1n) is 6.52. The monoisotopic (exact) mass is 276 g/mol. The maximum Gasteiger partial charge on any atom is 0.119 e. The average Bonchev–Trinajstić information content (AvgIpc) is 2.95. The summed E-state index contributed by atoms with van der Waals surface area (Å²) in [7, 11) is 0. The molecule has 0 amide bonds. The van der Waals surface area contributed by atoms with Gasteiger partial charge in [0.25, 0.3) is 0 Å². The van der Waals surface area contributed by atoms with Crippen molar-refractivity contribution >= 4 is 11.3 Å². The predicted molar refractivity (Wildman–Crippen MR) is 80.6 cm³/mol. The van der Waals surface area contributed by atoms with Crippen molar-refractivity contribution in [3.8, 4) is 5.75 Å². The van der Waals surface area contributed by atoms with Crippen LogP contribution in [0.4, 0.5) is 0 Å². The second-order valence-electron chi connectivity index (χ2n) is 4.25. The SMILES string of the molecule is CCOc1ccc(C(CN)NCc2cccs2)cc1. The van der Waals surface area contributed by atoms with E-state index in [0.29, 0.717) is 13.2 Å². The zero-order valence-corrected chi connectivity index (χ0v) is 12.0. The van der Waals surface area contributed by atoms with Crippen molar-refractivity contribution in [1.29, 1.82) is 0 Å². The van der Waals surface area contributed by atoms with Gasteiger partial charge in [0.05, 0.1) is 6.61 Å². The van der Waals surface area contributed by atoms with E-state index in [9.17, 15) is 0 Å². The van der Waals surface area contributed by atoms with Crippen molar-refractivity contribution in [1.82, 2.24) is 5.32 Å². The zero-order valence-electron chi connectivity index (χ0n) is 11.1. The molecule has 2 rings (SSSR count). The summed E-state index contributed by atoms with van der Waals surface area (Å²) in [6, 6.07) is 12.5. The third kappa shape index (κ3) is 4.06. The van der Waals surface area contributed by atoms with Gasteiger partial charge in [-0.1, -0.05) is 18.2 Å². The minimum Gasteiger partial charge on any atom is -0.494 e. The molecule has 3 nitrogen and oxygen atoms in total. The Kier molecular flexibility index (Phi) is 5.39. The molecule has 0 fully saturated rings. The largest absolute Gasteiger partial charge is 0.494 e. The molecule has 1 unspecified atom stereocenters. The molecule has 0 radical (unpaired) electrons. The third-order valence-electron chi connectivity index (χ3n) is 2.93. The first kappa shape index (κ1) is 14.1. The Hall–Kier alpha value is -1.36. The van der Waals surface area contributed by atoms with E-state index in [0.717, 1.165) is 12.3 Å². The lowest BCUT2D eigenvalue weighted by Crippen LogP contribution is -2.27. The van der Waals surface area contributed by atoms with Crippen LogP contribution in [0.3, 0.4) is 0 Å². The summed E-state index contributed by atoms with van der Waals surface area (Å²) in [5, 5.41) is 5.57. The Bertz CT molecular complexity index is 467. The number of hydrogen-bond acceptors (Lipinski definition) is 4. The van der Waals surface area contributed by atoms with E-state index in [-0.39, 0.29) is 6.04 Å². The van der Waals surface area contributed by atoms with Gasteiger partial charge in [-0.2, -0.15) is 0 Å². The van der Waals surface area contributed by atoms with E-state index in [1.54, 1.807) is 11.3 Å². The van der Waals surface area contributed by atoms with Crippen LogP contribution >= 0.6 is 11.3 Å². The molecule has 0 aliphatic heterocycles. The fraction of sp³-hybridized carbons (Fsp3) is 0.333. The number of nitrogens with two attached hydrogens (primary N) is 1. The second-order valence-corrected chi connectivity index (χ2v) is 5.28. The van der Waals surface area contributed by atoms with Crippen LogP contribution in [0.15, 0.2) is 41.8 Å². The van der Waals surface area contributed by atoms with Crippen LogP contribution in [0.25, 0.3) is 0 Å². The van der Waals surface area contributed by atoms with E-state index in [1.165, 1.54) is 10.4 Å². The molecule has 0 aliphatic carbocycles. The molecule has 1 heterocycles. The molecule has 19 heavy (non-hydrogen) atoms. The summed E-state index contributed by atoms with van der Waals surface area (Å²) in [5.41, 5.74) is 7.05. The Balaban J connectivity index is 1.96. The van der Waals surface area contributed by atoms with Gasteiger partial charge in [0.15, 0.2) is 0 Å². The van der Waals surface area contributed by atoms with Gasteiger partial charge in [0.1, 0.15) is 5.75 Å². The number of rotatable bonds is 7. The Morgan fingerprint density at radius 3 is 2.63 bits per heavy atom. The second kappa shape index (κ2) is 7.28. The van der Waals surface area contributed by atoms with Crippen molar-refractivity contribution < 1.29 is 4.74 Å². The van der Waals surface area contributed by atoms with Crippen LogP contribution in [-0.2, 0) is 6.54 Å². The van der Waals surface area contributed by atoms with Gasteiger partial charge in [-0.05, 0) is 36.1 Å². The lowest BCUT2D eigenvalue weighted by Gasteiger charge is -2.17. The standard InChI is InChI=1S/C15H20N2OS/c1-2-18-13-7-5-12(6-8-13)15(10-16)17-11-14-4-3-9-19-14/h3-9,15,17H,2,10-11,16H2,1H3. The van der Waals surface area contributed by atoms with Crippen LogP contribution in [0.1, 0.15) is 23.4 Å². The van der Waals surface area contributed by atoms with Gasteiger partial charge < -0.3 is 15.8 Å². The molecule has 1 atom stereocenters. The molecular formula is C15H20N2OS. The molecule has 1 aromatic heterocycles. The van der Waals surface area contributed by atoms with E-state index >= 15 is 0 Å². The first-order chi connectivity index (χ1) is 9.33. The Labute approximate surface area is 118 Å². The molecule has 0 saturated carbocycles. The number of nitrogens with one attached hydrogen (secondary N) is 1. The van der Waals surface area contributed by atoms with E-state index in [1.807, 2.05) is 19.1 Å². The van der Waals surface area contributed by atoms with Crippen molar-refractivity contribution in [3.05, 3.63) is 52.2 Å². The summed E-state index contributed by atoms with van der Waals surface area (Å²) in [6.45, 7) is 4.11. The van der Waals surface area contributed by atoms with Gasteiger partial charge in [-0.15, -0.1) is 11.3 Å². The Morgan fingerprint density at radius 1 is 1.26 bits per heavy atom. The fourth-order valence-electron chi connectivity index (χ4n) is 1.94. The van der Waals surface area contributed by atoms with E-state index in [4.69, 9.17) is 10.5 Å². The summed E-state index contributed by atoms with van der Waals surface area (Å²) in [6.07, 6.45) is 0. The van der Waals surface area contributed by atoms with Crippen molar-refractivity contribution in [3.63, 3.8) is 0 Å². The zero-order chi connectivity index (χ0) is 13.5. The smallest absolute Gasteiger partial charge is 0.119 e. The Morgan fingerprint density at radius 2 is 2.05 bits per heavy atom. The minimum absolute atomic E-state index is 0.178. The van der Waals surface area contributed by atoms with Crippen LogP contribution in [-0.4, -0.2) is 13.2 Å². The highest BCUT2D eigenvalue weighted by Gasteiger charge is 2.09. The highest BCUT2D eigenvalue weighted by molar-refractivity contribution is 7.09. The summed E-state index contributed by atoms with van der Waals surface area (Å²) < 4.78 is 5.44. The van der Waals surface area contributed by atoms with Crippen molar-refractivity contribution in [2.75, 3.05) is 13.2 Å². The van der Waals surface area contributed by atoms with Gasteiger partial charge in [0.2, 0.25) is 0 Å². The van der Waals surface area contributed by atoms with Gasteiger partial charge >= 0.3 is 0 Å². The summed E-state index contributed by atoms with van der Waals surface area (Å²) in [4.78, 5) is 1.32. The average molecular weight is 276 g/mol. The molecule has 0 aliphatic rings. The maximum atomic E-state index is 5.85. The molecule has 3 N–H and O–H groups in total. The predicted octanol–water partition coefficient (Wildman–Crippen LogP) is 2.94. The number of benzene rings is 1. The van der Waals surface area contributed by atoms with Crippen LogP contribution in [0.5, 0.6) is 5.75 Å². The van der Waals surface area contributed by atoms with E-state index < -0.39 is 0 Å². The molecule has 0 spiro atoms. The van der Waals surface area contributed by atoms with Gasteiger partial charge in [-0.25, -0.2) is 0 Å². The maximum absolute atomic E-state index is 5.85.